The summed E-state index contributed by atoms with van der Waals surface area (Å²) in [6, 6.07) is 4.61. The lowest BCUT2D eigenvalue weighted by Crippen LogP contribution is -2.60. The van der Waals surface area contributed by atoms with Crippen LogP contribution >= 0.6 is 11.3 Å². The molecule has 3 amide bonds. The maximum Gasteiger partial charge on any atom is 0.303 e. The van der Waals surface area contributed by atoms with Crippen LogP contribution in [0.4, 0.5) is 0 Å². The first kappa shape index (κ1) is 37.4. The van der Waals surface area contributed by atoms with Gasteiger partial charge in [0.05, 0.1) is 36.7 Å². The number of hydrogen-bond donors (Lipinski definition) is 3. The van der Waals surface area contributed by atoms with Crippen molar-refractivity contribution in [3.63, 3.8) is 0 Å². The van der Waals surface area contributed by atoms with E-state index in [1.807, 2.05) is 0 Å². The average Bonchev–Trinajstić information content (AvgIpc) is 3.41. The monoisotopic (exact) mass is 670 g/mol. The zero-order valence-electron chi connectivity index (χ0n) is 25.8. The molecule has 1 aromatic heterocycles. The van der Waals surface area contributed by atoms with Crippen LogP contribution in [0.1, 0.15) is 34.1 Å². The highest BCUT2D eigenvalue weighted by Gasteiger charge is 2.43. The van der Waals surface area contributed by atoms with Gasteiger partial charge in [0.2, 0.25) is 17.6 Å². The van der Waals surface area contributed by atoms with Crippen LogP contribution in [0, 0.1) is 6.92 Å². The van der Waals surface area contributed by atoms with Gasteiger partial charge in [-0.25, -0.2) is 4.98 Å². The van der Waals surface area contributed by atoms with Crippen molar-refractivity contribution in [3.8, 4) is 0 Å². The van der Waals surface area contributed by atoms with Crippen LogP contribution in [0.2, 0.25) is 0 Å². The molecule has 0 fully saturated rings. The van der Waals surface area contributed by atoms with Crippen LogP contribution in [0.5, 0.6) is 0 Å². The topological polar surface area (TPSA) is 205 Å². The highest BCUT2D eigenvalue weighted by Crippen LogP contribution is 2.19. The Morgan fingerprint density at radius 1 is 0.933 bits per heavy atom. The van der Waals surface area contributed by atoms with Gasteiger partial charge in [0.1, 0.15) is 23.6 Å². The van der Waals surface area contributed by atoms with Gasteiger partial charge in [0, 0.05) is 21.1 Å². The Balaban J connectivity index is 2.34. The molecule has 1 aromatic carbocycles. The van der Waals surface area contributed by atoms with Crippen molar-refractivity contribution in [1.82, 2.24) is 20.9 Å². The number of benzene rings is 1. The van der Waals surface area contributed by atoms with Crippen LogP contribution in [-0.2, 0) is 54.1 Å². The number of thiazole rings is 1. The van der Waals surface area contributed by atoms with E-state index >= 15 is 0 Å². The molecule has 1 heterocycles. The lowest BCUT2D eigenvalue weighted by Gasteiger charge is -2.32. The van der Waals surface area contributed by atoms with Gasteiger partial charge in [-0.15, -0.1) is 11.3 Å². The van der Waals surface area contributed by atoms with Crippen molar-refractivity contribution in [1.29, 1.82) is 0 Å². The highest BCUT2D eigenvalue weighted by molar-refractivity contribution is 7.86. The van der Waals surface area contributed by atoms with Crippen LogP contribution in [-0.4, -0.2) is 107 Å². The van der Waals surface area contributed by atoms with Gasteiger partial charge in [-0.2, -0.15) is 8.42 Å². The summed E-state index contributed by atoms with van der Waals surface area (Å²) in [5.41, 5.74) is -1.51. The Labute approximate surface area is 265 Å². The molecular weight excluding hydrogens is 632 g/mol. The van der Waals surface area contributed by atoms with Gasteiger partial charge >= 0.3 is 5.97 Å². The molecule has 0 aliphatic carbocycles. The lowest BCUT2D eigenvalue weighted by molar-refractivity contribution is -0.168. The first-order valence-electron chi connectivity index (χ1n) is 13.5. The van der Waals surface area contributed by atoms with Crippen molar-refractivity contribution in [2.45, 2.75) is 50.9 Å². The summed E-state index contributed by atoms with van der Waals surface area (Å²) in [6.07, 6.45) is 2.04. The molecule has 0 saturated heterocycles. The number of carbonyl (C=O) groups is 5. The molecule has 17 heteroatoms. The molecule has 0 saturated carbocycles. The van der Waals surface area contributed by atoms with E-state index in [9.17, 15) is 32.4 Å². The Morgan fingerprint density at radius 3 is 1.98 bits per heavy atom. The fourth-order valence-corrected chi connectivity index (χ4v) is 5.17. The van der Waals surface area contributed by atoms with Crippen LogP contribution in [0.15, 0.2) is 36.5 Å². The van der Waals surface area contributed by atoms with Gasteiger partial charge < -0.3 is 30.2 Å². The third-order valence-electron chi connectivity index (χ3n) is 6.12. The summed E-state index contributed by atoms with van der Waals surface area (Å²) < 4.78 is 43.7. The fourth-order valence-electron chi connectivity index (χ4n) is 4.05. The second-order valence-corrected chi connectivity index (χ2v) is 13.0. The molecule has 0 bridgehead atoms. The molecule has 45 heavy (non-hydrogen) atoms. The summed E-state index contributed by atoms with van der Waals surface area (Å²) in [6.45, 7) is 2.52. The number of nitrogens with zero attached hydrogens (tertiary/aromatic N) is 1. The van der Waals surface area contributed by atoms with E-state index in [-0.39, 0.29) is 24.5 Å². The number of esters is 1. The molecule has 0 radical (unpaired) electrons. The maximum atomic E-state index is 13.9. The number of ketones is 1. The Kier molecular flexibility index (Phi) is 14.2. The molecule has 3 N–H and O–H groups in total. The van der Waals surface area contributed by atoms with Crippen LogP contribution < -0.4 is 16.0 Å². The molecule has 15 nitrogen and oxygen atoms in total. The second-order valence-electron chi connectivity index (χ2n) is 10.1. The Hall–Kier alpha value is -3.77. The van der Waals surface area contributed by atoms with Crippen molar-refractivity contribution in [2.75, 3.05) is 40.3 Å². The second kappa shape index (κ2) is 17.1. The van der Waals surface area contributed by atoms with Crippen molar-refractivity contribution in [3.05, 3.63) is 52.0 Å². The van der Waals surface area contributed by atoms with Crippen molar-refractivity contribution < 1.29 is 50.8 Å². The molecule has 0 spiro atoms. The van der Waals surface area contributed by atoms with E-state index in [1.54, 1.807) is 37.3 Å². The molecular formula is C28H38N4O11S2. The van der Waals surface area contributed by atoms with Gasteiger partial charge in [0.25, 0.3) is 16.0 Å². The predicted octanol–water partition coefficient (Wildman–Crippen LogP) is -0.0779. The summed E-state index contributed by atoms with van der Waals surface area (Å²) >= 11 is 1.13. The summed E-state index contributed by atoms with van der Waals surface area (Å²) in [7, 11) is -1.42. The number of carbonyl (C=O) groups excluding carboxylic acids is 5. The van der Waals surface area contributed by atoms with Gasteiger partial charge in [-0.1, -0.05) is 30.3 Å². The third kappa shape index (κ3) is 12.3. The normalized spacial score (nSPS) is 14.7. The minimum atomic E-state index is -4.04. The van der Waals surface area contributed by atoms with Gasteiger partial charge in [-0.05, 0) is 25.8 Å². The standard InChI is InChI=1S/C28H38N4O11S2/c1-17-29-13-23(44-17)27(37)32-22(15-41-5)26(36)31-21(14-40-4)25(35)30-20(12-19-10-8-7-9-11-19)24(34)28(3,43-18(2)33)16-42-45(6,38)39/h7-11,13,20-22H,12,14-16H2,1-6H3,(H,30,35)(H,31,36)(H,32,37). The quantitative estimate of drug-likeness (QED) is 0.141. The minimum absolute atomic E-state index is 0.0919. The number of aromatic nitrogens is 1. The number of Topliss-reactive ketones (excluding diaryl/α,β-unsaturated/α-hetero) is 1. The summed E-state index contributed by atoms with van der Waals surface area (Å²) in [5.74, 6) is -3.96. The summed E-state index contributed by atoms with van der Waals surface area (Å²) in [5, 5.41) is 8.27. The average molecular weight is 671 g/mol. The number of methoxy groups -OCH3 is 2. The maximum absolute atomic E-state index is 13.9. The SMILES string of the molecule is COCC(NC(=O)c1cnc(C)s1)C(=O)NC(COC)C(=O)NC(Cc1ccccc1)C(=O)C(C)(COS(C)(=O)=O)OC(C)=O. The predicted molar refractivity (Wildman–Crippen MR) is 162 cm³/mol. The van der Waals surface area contributed by atoms with Crippen molar-refractivity contribution >= 4 is 50.9 Å². The largest absolute Gasteiger partial charge is 0.449 e. The van der Waals surface area contributed by atoms with E-state index in [1.165, 1.54) is 27.3 Å². The minimum Gasteiger partial charge on any atom is -0.449 e. The summed E-state index contributed by atoms with van der Waals surface area (Å²) in [4.78, 5) is 69.5. The van der Waals surface area contributed by atoms with Crippen LogP contribution in [0.25, 0.3) is 0 Å². The number of aryl methyl sites for hydroxylation is 1. The molecule has 0 aliphatic rings. The molecule has 248 valence electrons. The number of amides is 3. The first-order valence-corrected chi connectivity index (χ1v) is 16.2. The number of ether oxygens (including phenoxy) is 3. The molecule has 2 rings (SSSR count). The molecule has 4 atom stereocenters. The molecule has 4 unspecified atom stereocenters. The van der Waals surface area contributed by atoms with Crippen LogP contribution in [0.3, 0.4) is 0 Å². The number of hydrogen-bond acceptors (Lipinski definition) is 13. The Bertz CT molecular complexity index is 1450. The molecule has 2 aromatic rings. The van der Waals surface area contributed by atoms with E-state index < -0.39 is 69.9 Å². The van der Waals surface area contributed by atoms with Gasteiger partial charge in [-0.3, -0.25) is 28.2 Å². The van der Waals surface area contributed by atoms with E-state index in [0.29, 0.717) is 10.6 Å². The third-order valence-corrected chi connectivity index (χ3v) is 7.58. The smallest absolute Gasteiger partial charge is 0.303 e. The van der Waals surface area contributed by atoms with Crippen molar-refractivity contribution in [2.24, 2.45) is 0 Å². The fraction of sp³-hybridized carbons (Fsp3) is 0.500. The Morgan fingerprint density at radius 2 is 1.49 bits per heavy atom. The number of nitrogens with one attached hydrogen (secondary N) is 3. The zero-order chi connectivity index (χ0) is 33.8. The molecule has 0 aliphatic heterocycles. The lowest BCUT2D eigenvalue weighted by atomic mass is 9.91. The van der Waals surface area contributed by atoms with Gasteiger partial charge in [0.15, 0.2) is 5.60 Å². The van der Waals surface area contributed by atoms with E-state index in [2.05, 4.69) is 20.9 Å². The highest BCUT2D eigenvalue weighted by atomic mass is 32.2. The zero-order valence-corrected chi connectivity index (χ0v) is 27.4. The van der Waals surface area contributed by atoms with E-state index in [0.717, 1.165) is 24.5 Å². The number of rotatable bonds is 18. The first-order chi connectivity index (χ1) is 21.1. The van der Waals surface area contributed by atoms with E-state index in [4.69, 9.17) is 18.4 Å².